The van der Waals surface area contributed by atoms with Crippen LogP contribution in [0.2, 0.25) is 0 Å². The van der Waals surface area contributed by atoms with Gasteiger partial charge in [0.1, 0.15) is 6.04 Å². The smallest absolute Gasteiger partial charge is 0.259 e. The van der Waals surface area contributed by atoms with Gasteiger partial charge in [-0.05, 0) is 24.4 Å². The first-order valence-corrected chi connectivity index (χ1v) is 9.80. The molecule has 0 saturated carbocycles. The highest BCUT2D eigenvalue weighted by Gasteiger charge is 2.38. The van der Waals surface area contributed by atoms with Crippen LogP contribution in [-0.4, -0.2) is 44.2 Å². The van der Waals surface area contributed by atoms with Crippen molar-refractivity contribution in [3.05, 3.63) is 58.9 Å². The highest BCUT2D eigenvalue weighted by Crippen LogP contribution is 2.38. The van der Waals surface area contributed by atoms with Gasteiger partial charge in [-0.15, -0.1) is 0 Å². The molecule has 7 nitrogen and oxygen atoms in total. The SMILES string of the molecule is C[C@@H](C(=O)N1CCc2c(c(CO)nn2C)C1)N1C(=O)c2cccc3cccc1c23. The number of carbonyl (C=O) groups excluding carboxylic acids is 2. The zero-order valence-electron chi connectivity index (χ0n) is 16.4. The number of aromatic nitrogens is 2. The van der Waals surface area contributed by atoms with Gasteiger partial charge in [0.05, 0.1) is 18.0 Å². The van der Waals surface area contributed by atoms with Crippen molar-refractivity contribution >= 4 is 28.3 Å². The fraction of sp³-hybridized carbons (Fsp3) is 0.318. The summed E-state index contributed by atoms with van der Waals surface area (Å²) in [7, 11) is 1.86. The Morgan fingerprint density at radius 3 is 2.76 bits per heavy atom. The molecule has 29 heavy (non-hydrogen) atoms. The summed E-state index contributed by atoms with van der Waals surface area (Å²) in [4.78, 5) is 29.9. The number of aliphatic hydroxyl groups excluding tert-OH is 1. The maximum absolute atomic E-state index is 13.4. The van der Waals surface area contributed by atoms with Crippen molar-refractivity contribution in [2.75, 3.05) is 11.4 Å². The zero-order chi connectivity index (χ0) is 20.3. The lowest BCUT2D eigenvalue weighted by Crippen LogP contribution is -2.49. The van der Waals surface area contributed by atoms with Crippen LogP contribution >= 0.6 is 0 Å². The number of nitrogens with zero attached hydrogens (tertiary/aromatic N) is 4. The second-order valence-electron chi connectivity index (χ2n) is 7.70. The summed E-state index contributed by atoms with van der Waals surface area (Å²) in [6, 6.07) is 10.9. The van der Waals surface area contributed by atoms with E-state index >= 15 is 0 Å². The van der Waals surface area contributed by atoms with Crippen LogP contribution in [0.5, 0.6) is 0 Å². The Bertz CT molecular complexity index is 1160. The van der Waals surface area contributed by atoms with Gasteiger partial charge in [-0.3, -0.25) is 19.2 Å². The highest BCUT2D eigenvalue weighted by atomic mass is 16.3. The van der Waals surface area contributed by atoms with E-state index in [-0.39, 0.29) is 18.4 Å². The van der Waals surface area contributed by atoms with Gasteiger partial charge in [0.2, 0.25) is 5.91 Å². The standard InChI is InChI=1S/C22H22N4O3/c1-13(21(28)25-10-9-18-16(11-25)17(12-27)23-24(18)2)26-19-8-4-6-14-5-3-7-15(20(14)19)22(26)29/h3-8,13,27H,9-12H2,1-2H3/t13-/m0/s1. The van der Waals surface area contributed by atoms with Gasteiger partial charge in [0, 0.05) is 48.8 Å². The lowest BCUT2D eigenvalue weighted by atomic mass is 10.0. The lowest BCUT2D eigenvalue weighted by Gasteiger charge is -2.33. The number of rotatable bonds is 3. The Balaban J connectivity index is 1.46. The van der Waals surface area contributed by atoms with Gasteiger partial charge in [-0.25, -0.2) is 0 Å². The molecule has 0 saturated heterocycles. The Labute approximate surface area is 168 Å². The molecule has 0 bridgehead atoms. The number of hydrogen-bond donors (Lipinski definition) is 1. The van der Waals surface area contributed by atoms with E-state index in [4.69, 9.17) is 0 Å². The fourth-order valence-corrected chi connectivity index (χ4v) is 4.68. The summed E-state index contributed by atoms with van der Waals surface area (Å²) >= 11 is 0. The van der Waals surface area contributed by atoms with Crippen LogP contribution in [0.25, 0.3) is 10.8 Å². The average molecular weight is 390 g/mol. The zero-order valence-corrected chi connectivity index (χ0v) is 16.4. The number of amides is 2. The summed E-state index contributed by atoms with van der Waals surface area (Å²) < 4.78 is 1.79. The van der Waals surface area contributed by atoms with Gasteiger partial charge in [-0.2, -0.15) is 5.10 Å². The van der Waals surface area contributed by atoms with Gasteiger partial charge >= 0.3 is 0 Å². The van der Waals surface area contributed by atoms with Gasteiger partial charge in [0.25, 0.3) is 5.91 Å². The van der Waals surface area contributed by atoms with Crippen molar-refractivity contribution in [3.8, 4) is 0 Å². The number of anilines is 1. The molecule has 0 aliphatic carbocycles. The molecular formula is C22H22N4O3. The van der Waals surface area contributed by atoms with Crippen LogP contribution in [-0.2, 0) is 31.4 Å². The quantitative estimate of drug-likeness (QED) is 0.742. The Kier molecular flexibility index (Phi) is 3.96. The first-order chi connectivity index (χ1) is 14.0. The van der Waals surface area contributed by atoms with Crippen LogP contribution in [0.1, 0.15) is 34.2 Å². The summed E-state index contributed by atoms with van der Waals surface area (Å²) in [6.07, 6.45) is 0.682. The molecule has 2 aliphatic heterocycles. The number of aryl methyl sites for hydroxylation is 1. The van der Waals surface area contributed by atoms with Crippen molar-refractivity contribution in [2.45, 2.75) is 32.5 Å². The van der Waals surface area contributed by atoms with Crippen LogP contribution < -0.4 is 4.90 Å². The molecule has 0 spiro atoms. The van der Waals surface area contributed by atoms with E-state index in [2.05, 4.69) is 5.10 Å². The number of aliphatic hydroxyl groups is 1. The van der Waals surface area contributed by atoms with Crippen molar-refractivity contribution in [1.29, 1.82) is 0 Å². The third-order valence-electron chi connectivity index (χ3n) is 6.12. The summed E-state index contributed by atoms with van der Waals surface area (Å²) in [6.45, 7) is 2.61. The highest BCUT2D eigenvalue weighted by molar-refractivity contribution is 6.26. The summed E-state index contributed by atoms with van der Waals surface area (Å²) in [5.74, 6) is -0.227. The van der Waals surface area contributed by atoms with E-state index in [0.717, 1.165) is 27.7 Å². The third kappa shape index (κ3) is 2.50. The Morgan fingerprint density at radius 1 is 1.24 bits per heavy atom. The second kappa shape index (κ2) is 6.42. The average Bonchev–Trinajstić information content (AvgIpc) is 3.22. The number of fused-ring (bicyclic) bond motifs is 1. The van der Waals surface area contributed by atoms with Gasteiger partial charge < -0.3 is 10.0 Å². The van der Waals surface area contributed by atoms with E-state index in [0.29, 0.717) is 30.8 Å². The molecule has 1 N–H and O–H groups in total. The molecule has 148 valence electrons. The molecule has 2 aliphatic rings. The van der Waals surface area contributed by atoms with Gasteiger partial charge in [0.15, 0.2) is 0 Å². The minimum atomic E-state index is -0.615. The van der Waals surface area contributed by atoms with E-state index in [1.165, 1.54) is 0 Å². The first kappa shape index (κ1) is 17.9. The Hall–Kier alpha value is -3.19. The maximum atomic E-state index is 13.4. The molecule has 0 fully saturated rings. The van der Waals surface area contributed by atoms with Crippen molar-refractivity contribution in [2.24, 2.45) is 7.05 Å². The molecular weight excluding hydrogens is 368 g/mol. The normalized spacial score (nSPS) is 16.4. The number of carbonyl (C=O) groups is 2. The molecule has 0 radical (unpaired) electrons. The third-order valence-corrected chi connectivity index (χ3v) is 6.12. The molecule has 2 aromatic carbocycles. The fourth-order valence-electron chi connectivity index (χ4n) is 4.68. The lowest BCUT2D eigenvalue weighted by molar-refractivity contribution is -0.133. The minimum absolute atomic E-state index is 0.0958. The van der Waals surface area contributed by atoms with Crippen LogP contribution in [0.4, 0.5) is 5.69 Å². The number of hydrogen-bond acceptors (Lipinski definition) is 4. The predicted octanol–water partition coefficient (Wildman–Crippen LogP) is 2.00. The minimum Gasteiger partial charge on any atom is -0.390 e. The second-order valence-corrected chi connectivity index (χ2v) is 7.70. The number of benzene rings is 2. The predicted molar refractivity (Wildman–Crippen MR) is 108 cm³/mol. The molecule has 1 aromatic heterocycles. The van der Waals surface area contributed by atoms with Gasteiger partial charge in [-0.1, -0.05) is 24.3 Å². The largest absolute Gasteiger partial charge is 0.390 e. The monoisotopic (exact) mass is 390 g/mol. The van der Waals surface area contributed by atoms with E-state index < -0.39 is 6.04 Å². The van der Waals surface area contributed by atoms with Crippen LogP contribution in [0, 0.1) is 0 Å². The Morgan fingerprint density at radius 2 is 2.00 bits per heavy atom. The van der Waals surface area contributed by atoms with E-state index in [1.54, 1.807) is 21.4 Å². The van der Waals surface area contributed by atoms with Crippen LogP contribution in [0.3, 0.4) is 0 Å². The molecule has 7 heteroatoms. The molecule has 3 aromatic rings. The first-order valence-electron chi connectivity index (χ1n) is 9.80. The molecule has 0 unspecified atom stereocenters. The maximum Gasteiger partial charge on any atom is 0.259 e. The van der Waals surface area contributed by atoms with E-state index in [9.17, 15) is 14.7 Å². The topological polar surface area (TPSA) is 78.7 Å². The molecule has 3 heterocycles. The summed E-state index contributed by atoms with van der Waals surface area (Å²) in [5, 5.41) is 15.9. The molecule has 5 rings (SSSR count). The van der Waals surface area contributed by atoms with Crippen LogP contribution in [0.15, 0.2) is 36.4 Å². The van der Waals surface area contributed by atoms with Crippen molar-refractivity contribution in [3.63, 3.8) is 0 Å². The molecule has 2 amide bonds. The summed E-state index contributed by atoms with van der Waals surface area (Å²) in [5.41, 5.74) is 4.02. The molecule has 1 atom stereocenters. The van der Waals surface area contributed by atoms with Crippen molar-refractivity contribution in [1.82, 2.24) is 14.7 Å². The van der Waals surface area contributed by atoms with Crippen molar-refractivity contribution < 1.29 is 14.7 Å². The van der Waals surface area contributed by atoms with E-state index in [1.807, 2.05) is 43.4 Å².